The molecule has 0 aliphatic heterocycles. The smallest absolute Gasteiger partial charge is 0.314 e. The van der Waals surface area contributed by atoms with Gasteiger partial charge in [0.25, 0.3) is 0 Å². The van der Waals surface area contributed by atoms with Gasteiger partial charge in [-0.25, -0.2) is 4.39 Å². The van der Waals surface area contributed by atoms with Crippen molar-refractivity contribution in [2.75, 3.05) is 6.61 Å². The molecule has 0 radical (unpaired) electrons. The van der Waals surface area contributed by atoms with E-state index in [2.05, 4.69) is 0 Å². The van der Waals surface area contributed by atoms with Crippen LogP contribution in [0.5, 0.6) is 5.75 Å². The molecule has 17 heavy (non-hydrogen) atoms. The van der Waals surface area contributed by atoms with Crippen molar-refractivity contribution in [1.82, 2.24) is 0 Å². The zero-order chi connectivity index (χ0) is 12.7. The second-order valence-corrected chi connectivity index (χ2v) is 3.31. The molecule has 0 heterocycles. The van der Waals surface area contributed by atoms with Gasteiger partial charge in [-0.1, -0.05) is 6.07 Å². The van der Waals surface area contributed by atoms with Crippen LogP contribution in [-0.2, 0) is 0 Å². The molecule has 6 heteroatoms. The van der Waals surface area contributed by atoms with Gasteiger partial charge in [0.05, 0.1) is 17.6 Å². The minimum absolute atomic E-state index is 0.156. The maximum atomic E-state index is 13.3. The molecule has 1 aromatic rings. The van der Waals surface area contributed by atoms with Crippen LogP contribution >= 0.6 is 0 Å². The van der Waals surface area contributed by atoms with E-state index < -0.39 is 10.7 Å². The van der Waals surface area contributed by atoms with Crippen molar-refractivity contribution in [3.8, 4) is 11.8 Å². The van der Waals surface area contributed by atoms with Gasteiger partial charge in [0.1, 0.15) is 0 Å². The van der Waals surface area contributed by atoms with Gasteiger partial charge in [-0.15, -0.1) is 0 Å². The molecule has 5 nitrogen and oxygen atoms in total. The maximum absolute atomic E-state index is 13.3. The largest absolute Gasteiger partial charge is 0.485 e. The predicted molar refractivity (Wildman–Crippen MR) is 58.0 cm³/mol. The Morgan fingerprint density at radius 1 is 1.47 bits per heavy atom. The zero-order valence-electron chi connectivity index (χ0n) is 9.06. The van der Waals surface area contributed by atoms with Crippen LogP contribution in [0.1, 0.15) is 19.3 Å². The molecule has 1 aromatic carbocycles. The van der Waals surface area contributed by atoms with Crippen LogP contribution < -0.4 is 4.74 Å². The second-order valence-electron chi connectivity index (χ2n) is 3.31. The third-order valence-corrected chi connectivity index (χ3v) is 2.07. The van der Waals surface area contributed by atoms with E-state index in [0.717, 1.165) is 6.07 Å². The third kappa shape index (κ3) is 3.72. The molecule has 0 aromatic heterocycles. The van der Waals surface area contributed by atoms with Crippen LogP contribution in [0.15, 0.2) is 18.2 Å². The van der Waals surface area contributed by atoms with Crippen molar-refractivity contribution < 1.29 is 14.1 Å². The second kappa shape index (κ2) is 6.43. The van der Waals surface area contributed by atoms with E-state index in [1.54, 1.807) is 0 Å². The Labute approximate surface area is 97.6 Å². The molecule has 0 fully saturated rings. The molecule has 0 unspecified atom stereocenters. The van der Waals surface area contributed by atoms with Gasteiger partial charge in [-0.3, -0.25) is 10.1 Å². The van der Waals surface area contributed by atoms with Crippen molar-refractivity contribution >= 4 is 5.69 Å². The molecule has 0 aliphatic carbocycles. The summed E-state index contributed by atoms with van der Waals surface area (Å²) in [6, 6.07) is 5.53. The maximum Gasteiger partial charge on any atom is 0.314 e. The van der Waals surface area contributed by atoms with E-state index in [1.165, 1.54) is 12.1 Å². The summed E-state index contributed by atoms with van der Waals surface area (Å²) in [5.74, 6) is -1.09. The number of nitro benzene ring substituents is 1. The number of nitriles is 1. The number of ether oxygens (including phenoxy) is 1. The Hall–Kier alpha value is -2.16. The Balaban J connectivity index is 2.63. The standard InChI is InChI=1S/C11H11FN2O3/c12-9-5-4-6-10(14(15)16)11(9)17-8-3-1-2-7-13/h4-6H,1-3,8H2. The summed E-state index contributed by atoms with van der Waals surface area (Å²) in [4.78, 5) is 9.94. The topological polar surface area (TPSA) is 76.2 Å². The van der Waals surface area contributed by atoms with E-state index >= 15 is 0 Å². The molecule has 0 bridgehead atoms. The lowest BCUT2D eigenvalue weighted by atomic mass is 10.2. The third-order valence-electron chi connectivity index (χ3n) is 2.07. The summed E-state index contributed by atoms with van der Waals surface area (Å²) in [6.07, 6.45) is 1.57. The fraction of sp³-hybridized carbons (Fsp3) is 0.364. The van der Waals surface area contributed by atoms with Crippen LogP contribution in [0, 0.1) is 27.3 Å². The highest BCUT2D eigenvalue weighted by molar-refractivity contribution is 5.46. The number of hydrogen-bond acceptors (Lipinski definition) is 4. The minimum atomic E-state index is -0.750. The lowest BCUT2D eigenvalue weighted by Crippen LogP contribution is -2.02. The van der Waals surface area contributed by atoms with Crippen molar-refractivity contribution in [3.05, 3.63) is 34.1 Å². The fourth-order valence-electron chi connectivity index (χ4n) is 1.26. The molecular weight excluding hydrogens is 227 g/mol. The van der Waals surface area contributed by atoms with E-state index in [4.69, 9.17) is 10.00 Å². The summed E-state index contributed by atoms with van der Waals surface area (Å²) < 4.78 is 18.4. The highest BCUT2D eigenvalue weighted by Gasteiger charge is 2.18. The summed E-state index contributed by atoms with van der Waals surface area (Å²) in [6.45, 7) is 0.156. The van der Waals surface area contributed by atoms with E-state index in [9.17, 15) is 14.5 Å². The van der Waals surface area contributed by atoms with Crippen LogP contribution in [0.3, 0.4) is 0 Å². The average Bonchev–Trinajstić information content (AvgIpc) is 2.30. The molecule has 0 spiro atoms. The summed E-state index contributed by atoms with van der Waals surface area (Å²) in [5.41, 5.74) is -0.384. The van der Waals surface area contributed by atoms with E-state index in [-0.39, 0.29) is 18.0 Å². The first-order valence-electron chi connectivity index (χ1n) is 5.09. The molecular formula is C11H11FN2O3. The van der Waals surface area contributed by atoms with E-state index in [0.29, 0.717) is 19.3 Å². The number of benzene rings is 1. The Kier molecular flexibility index (Phi) is 4.88. The van der Waals surface area contributed by atoms with Gasteiger partial charge in [-0.2, -0.15) is 5.26 Å². The first kappa shape index (κ1) is 12.9. The van der Waals surface area contributed by atoms with Crippen molar-refractivity contribution in [3.63, 3.8) is 0 Å². The lowest BCUT2D eigenvalue weighted by Gasteiger charge is -2.06. The highest BCUT2D eigenvalue weighted by atomic mass is 19.1. The van der Waals surface area contributed by atoms with Gasteiger partial charge >= 0.3 is 5.69 Å². The van der Waals surface area contributed by atoms with Crippen molar-refractivity contribution in [1.29, 1.82) is 5.26 Å². The zero-order valence-corrected chi connectivity index (χ0v) is 9.06. The first-order valence-corrected chi connectivity index (χ1v) is 5.09. The highest BCUT2D eigenvalue weighted by Crippen LogP contribution is 2.29. The van der Waals surface area contributed by atoms with Crippen LogP contribution in [-0.4, -0.2) is 11.5 Å². The molecule has 0 N–H and O–H groups in total. The normalized spacial score (nSPS) is 9.65. The Bertz CT molecular complexity index is 443. The molecule has 0 aliphatic rings. The van der Waals surface area contributed by atoms with Gasteiger partial charge in [-0.05, 0) is 18.9 Å². The average molecular weight is 238 g/mol. The van der Waals surface area contributed by atoms with Crippen LogP contribution in [0.25, 0.3) is 0 Å². The monoisotopic (exact) mass is 238 g/mol. The van der Waals surface area contributed by atoms with Crippen molar-refractivity contribution in [2.24, 2.45) is 0 Å². The van der Waals surface area contributed by atoms with Gasteiger partial charge < -0.3 is 4.74 Å². The Morgan fingerprint density at radius 2 is 2.24 bits per heavy atom. The summed E-state index contributed by atoms with van der Waals surface area (Å²) >= 11 is 0. The summed E-state index contributed by atoms with van der Waals surface area (Å²) in [7, 11) is 0. The molecule has 90 valence electrons. The summed E-state index contributed by atoms with van der Waals surface area (Å²) in [5, 5.41) is 18.9. The fourth-order valence-corrected chi connectivity index (χ4v) is 1.26. The molecule has 0 amide bonds. The quantitative estimate of drug-likeness (QED) is 0.433. The lowest BCUT2D eigenvalue weighted by molar-refractivity contribution is -0.386. The number of para-hydroxylation sites is 1. The molecule has 0 atom stereocenters. The number of rotatable bonds is 6. The molecule has 0 saturated heterocycles. The number of hydrogen-bond donors (Lipinski definition) is 0. The van der Waals surface area contributed by atoms with Gasteiger partial charge in [0, 0.05) is 12.5 Å². The number of nitro groups is 1. The minimum Gasteiger partial charge on any atom is -0.485 e. The van der Waals surface area contributed by atoms with Crippen LogP contribution in [0.2, 0.25) is 0 Å². The predicted octanol–water partition coefficient (Wildman–Crippen LogP) is 2.81. The Morgan fingerprint density at radius 3 is 2.88 bits per heavy atom. The number of nitrogens with zero attached hydrogens (tertiary/aromatic N) is 2. The number of unbranched alkanes of at least 4 members (excludes halogenated alkanes) is 2. The van der Waals surface area contributed by atoms with Gasteiger partial charge in [0.2, 0.25) is 5.75 Å². The molecule has 0 saturated carbocycles. The van der Waals surface area contributed by atoms with Crippen molar-refractivity contribution in [2.45, 2.75) is 19.3 Å². The first-order chi connectivity index (χ1) is 8.16. The van der Waals surface area contributed by atoms with Crippen LogP contribution in [0.4, 0.5) is 10.1 Å². The van der Waals surface area contributed by atoms with Gasteiger partial charge in [0.15, 0.2) is 5.82 Å². The SMILES string of the molecule is N#CCCCCOc1c(F)cccc1[N+](=O)[O-]. The molecule has 1 rings (SSSR count). The number of halogens is 1. The van der Waals surface area contributed by atoms with E-state index in [1.807, 2.05) is 6.07 Å².